The fourth-order valence-corrected chi connectivity index (χ4v) is 7.67. The zero-order chi connectivity index (χ0) is 32.6. The third-order valence-corrected chi connectivity index (χ3v) is 9.69. The number of nitrogens with zero attached hydrogens (tertiary/aromatic N) is 6. The predicted molar refractivity (Wildman–Crippen MR) is 197 cm³/mol. The third-order valence-electron chi connectivity index (χ3n) is 9.69. The second-order valence-corrected chi connectivity index (χ2v) is 12.3. The van der Waals surface area contributed by atoms with E-state index in [0.29, 0.717) is 11.1 Å². The molecule has 6 nitrogen and oxygen atoms in total. The maximum absolute atomic E-state index is 9.96. The van der Waals surface area contributed by atoms with Crippen LogP contribution in [0.4, 0.5) is 0 Å². The van der Waals surface area contributed by atoms with Crippen molar-refractivity contribution in [3.63, 3.8) is 0 Å². The summed E-state index contributed by atoms with van der Waals surface area (Å²) in [5.41, 5.74) is 8.49. The van der Waals surface area contributed by atoms with Crippen LogP contribution < -0.4 is 0 Å². The summed E-state index contributed by atoms with van der Waals surface area (Å²) in [4.78, 5) is 5.39. The summed E-state index contributed by atoms with van der Waals surface area (Å²) >= 11 is 0. The molecule has 226 valence electrons. The Morgan fingerprint density at radius 3 is 1.67 bits per heavy atom. The molecule has 0 saturated heterocycles. The van der Waals surface area contributed by atoms with Crippen molar-refractivity contribution in [2.45, 2.75) is 0 Å². The Kier molecular flexibility index (Phi) is 5.61. The van der Waals surface area contributed by atoms with Gasteiger partial charge in [-0.3, -0.25) is 9.13 Å². The molecule has 0 unspecified atom stereocenters. The van der Waals surface area contributed by atoms with Crippen molar-refractivity contribution in [1.82, 2.24) is 18.7 Å². The Labute approximate surface area is 280 Å². The zero-order valence-corrected chi connectivity index (χ0v) is 26.0. The van der Waals surface area contributed by atoms with E-state index < -0.39 is 0 Å². The number of nitriles is 2. The van der Waals surface area contributed by atoms with Gasteiger partial charge in [-0.05, 0) is 78.9 Å². The van der Waals surface area contributed by atoms with Crippen molar-refractivity contribution in [3.05, 3.63) is 157 Å². The normalized spacial score (nSPS) is 11.6. The van der Waals surface area contributed by atoms with Gasteiger partial charge in [-0.2, -0.15) is 10.5 Å². The average molecular weight is 625 g/mol. The lowest BCUT2D eigenvalue weighted by atomic mass is 10.1. The van der Waals surface area contributed by atoms with Crippen LogP contribution in [0, 0.1) is 22.7 Å². The van der Waals surface area contributed by atoms with E-state index in [2.05, 4.69) is 117 Å². The van der Waals surface area contributed by atoms with Crippen LogP contribution >= 0.6 is 0 Å². The Morgan fingerprint density at radius 1 is 0.408 bits per heavy atom. The minimum atomic E-state index is 0.616. The molecule has 10 rings (SSSR count). The number of para-hydroxylation sites is 3. The van der Waals surface area contributed by atoms with Gasteiger partial charge in [0.1, 0.15) is 11.6 Å². The second kappa shape index (κ2) is 10.2. The lowest BCUT2D eigenvalue weighted by Crippen LogP contribution is -2.03. The molecule has 4 aromatic heterocycles. The molecule has 10 aromatic rings. The molecule has 0 saturated carbocycles. The Hall–Kier alpha value is -7.15. The van der Waals surface area contributed by atoms with Gasteiger partial charge in [-0.15, -0.1) is 0 Å². The first-order valence-corrected chi connectivity index (χ1v) is 16.1. The maximum atomic E-state index is 9.96. The van der Waals surface area contributed by atoms with Gasteiger partial charge >= 0.3 is 0 Å². The van der Waals surface area contributed by atoms with Gasteiger partial charge < -0.3 is 4.57 Å². The highest BCUT2D eigenvalue weighted by atomic mass is 15.1. The van der Waals surface area contributed by atoms with Crippen molar-refractivity contribution >= 4 is 65.4 Å². The van der Waals surface area contributed by atoms with E-state index >= 15 is 0 Å². The number of hydrogen-bond acceptors (Lipinski definition) is 3. The van der Waals surface area contributed by atoms with Crippen LogP contribution in [0.1, 0.15) is 11.1 Å². The molecule has 6 aromatic carbocycles. The summed E-state index contributed by atoms with van der Waals surface area (Å²) in [6.07, 6.45) is 0. The molecule has 0 aliphatic heterocycles. The number of aromatic nitrogens is 4. The van der Waals surface area contributed by atoms with E-state index in [9.17, 15) is 10.5 Å². The summed E-state index contributed by atoms with van der Waals surface area (Å²) < 4.78 is 6.73. The monoisotopic (exact) mass is 624 g/mol. The van der Waals surface area contributed by atoms with Crippen LogP contribution in [0.25, 0.3) is 82.7 Å². The second-order valence-electron chi connectivity index (χ2n) is 12.3. The standard InChI is InChI=1S/C43H24N6/c44-25-27-17-20-37-33(23-27)31-12-5-6-13-35(31)48(37)40-15-8-16-41(46-40)49-36-14-7-4-11-30(36)32-19-22-39-42(43(32)49)34-24-28(26-45)18-21-38(34)47(39)29-9-2-1-3-10-29/h1-24H. The topological polar surface area (TPSA) is 75.3 Å². The number of benzene rings is 6. The van der Waals surface area contributed by atoms with Crippen molar-refractivity contribution in [2.75, 3.05) is 0 Å². The zero-order valence-electron chi connectivity index (χ0n) is 26.0. The lowest BCUT2D eigenvalue weighted by molar-refractivity contribution is 1.01. The molecule has 4 heterocycles. The van der Waals surface area contributed by atoms with Crippen molar-refractivity contribution in [3.8, 4) is 29.5 Å². The van der Waals surface area contributed by atoms with Crippen molar-refractivity contribution < 1.29 is 0 Å². The molecule has 0 radical (unpaired) electrons. The van der Waals surface area contributed by atoms with Gasteiger partial charge in [-0.25, -0.2) is 4.98 Å². The van der Waals surface area contributed by atoms with E-state index in [0.717, 1.165) is 82.7 Å². The molecule has 0 N–H and O–H groups in total. The minimum Gasteiger partial charge on any atom is -0.309 e. The smallest absolute Gasteiger partial charge is 0.140 e. The third kappa shape index (κ3) is 3.77. The fraction of sp³-hybridized carbons (Fsp3) is 0. The molecule has 0 atom stereocenters. The van der Waals surface area contributed by atoms with Gasteiger partial charge in [0.25, 0.3) is 0 Å². The molecular formula is C43H24N6. The SMILES string of the molecule is N#Cc1ccc2c(c1)c1ccccc1n2-c1cccc(-n2c3ccccc3c3ccc4c(c5cc(C#N)ccc5n4-c4ccccc4)c32)n1. The number of fused-ring (bicyclic) bond motifs is 10. The van der Waals surface area contributed by atoms with Gasteiger partial charge in [0, 0.05) is 38.0 Å². The van der Waals surface area contributed by atoms with Crippen molar-refractivity contribution in [2.24, 2.45) is 0 Å². The summed E-state index contributed by atoms with van der Waals surface area (Å²) in [6, 6.07) is 54.1. The molecule has 0 aliphatic rings. The van der Waals surface area contributed by atoms with Gasteiger partial charge in [0.15, 0.2) is 0 Å². The molecular weight excluding hydrogens is 601 g/mol. The van der Waals surface area contributed by atoms with E-state index in [1.807, 2.05) is 54.6 Å². The fourth-order valence-electron chi connectivity index (χ4n) is 7.67. The first-order chi connectivity index (χ1) is 24.2. The van der Waals surface area contributed by atoms with Crippen molar-refractivity contribution in [1.29, 1.82) is 10.5 Å². The van der Waals surface area contributed by atoms with Crippen LogP contribution in [0.5, 0.6) is 0 Å². The highest BCUT2D eigenvalue weighted by Crippen LogP contribution is 2.42. The molecule has 0 aliphatic carbocycles. The highest BCUT2D eigenvalue weighted by Gasteiger charge is 2.22. The summed E-state index contributed by atoms with van der Waals surface area (Å²) in [5, 5.41) is 26.0. The van der Waals surface area contributed by atoms with Crippen LogP contribution in [-0.4, -0.2) is 18.7 Å². The van der Waals surface area contributed by atoms with Crippen LogP contribution in [0.2, 0.25) is 0 Å². The first kappa shape index (κ1) is 27.0. The first-order valence-electron chi connectivity index (χ1n) is 16.1. The number of pyridine rings is 1. The van der Waals surface area contributed by atoms with Gasteiger partial charge in [-0.1, -0.05) is 66.7 Å². The van der Waals surface area contributed by atoms with Crippen LogP contribution in [-0.2, 0) is 0 Å². The highest BCUT2D eigenvalue weighted by molar-refractivity contribution is 6.26. The van der Waals surface area contributed by atoms with E-state index in [1.54, 1.807) is 0 Å². The Morgan fingerprint density at radius 2 is 0.959 bits per heavy atom. The maximum Gasteiger partial charge on any atom is 0.140 e. The Balaban J connectivity index is 1.34. The number of rotatable bonds is 3. The molecule has 6 heteroatoms. The van der Waals surface area contributed by atoms with Gasteiger partial charge in [0.05, 0.1) is 56.4 Å². The largest absolute Gasteiger partial charge is 0.309 e. The lowest BCUT2D eigenvalue weighted by Gasteiger charge is -2.12. The van der Waals surface area contributed by atoms with Gasteiger partial charge in [0.2, 0.25) is 0 Å². The minimum absolute atomic E-state index is 0.616. The van der Waals surface area contributed by atoms with E-state index in [-0.39, 0.29) is 0 Å². The average Bonchev–Trinajstić information content (AvgIpc) is 3.80. The molecule has 49 heavy (non-hydrogen) atoms. The van der Waals surface area contributed by atoms with Crippen LogP contribution in [0.15, 0.2) is 146 Å². The van der Waals surface area contributed by atoms with E-state index in [1.165, 1.54) is 0 Å². The Bertz CT molecular complexity index is 3070. The summed E-state index contributed by atoms with van der Waals surface area (Å²) in [5.74, 6) is 1.57. The number of hydrogen-bond donors (Lipinski definition) is 0. The van der Waals surface area contributed by atoms with Crippen LogP contribution in [0.3, 0.4) is 0 Å². The quantitative estimate of drug-likeness (QED) is 0.196. The predicted octanol–water partition coefficient (Wildman–Crippen LogP) is 10.1. The van der Waals surface area contributed by atoms with E-state index in [4.69, 9.17) is 4.98 Å². The molecule has 0 bridgehead atoms. The summed E-state index contributed by atoms with van der Waals surface area (Å²) in [7, 11) is 0. The molecule has 0 fully saturated rings. The summed E-state index contributed by atoms with van der Waals surface area (Å²) in [6.45, 7) is 0. The molecule has 0 spiro atoms. The molecule has 0 amide bonds.